The van der Waals surface area contributed by atoms with Crippen molar-refractivity contribution in [1.82, 2.24) is 0 Å². The maximum atomic E-state index is 12.3. The van der Waals surface area contributed by atoms with Gasteiger partial charge in [0.2, 0.25) is 0 Å². The van der Waals surface area contributed by atoms with Gasteiger partial charge in [-0.3, -0.25) is 9.00 Å². The molecule has 2 rings (SSSR count). The van der Waals surface area contributed by atoms with Crippen LogP contribution < -0.4 is 0 Å². The van der Waals surface area contributed by atoms with Crippen molar-refractivity contribution >= 4 is 28.4 Å². The van der Waals surface area contributed by atoms with E-state index >= 15 is 0 Å². The van der Waals surface area contributed by atoms with E-state index in [4.69, 9.17) is 16.7 Å². The second-order valence-electron chi connectivity index (χ2n) is 4.60. The minimum absolute atomic E-state index is 0.00737. The van der Waals surface area contributed by atoms with E-state index < -0.39 is 21.5 Å². The Morgan fingerprint density at radius 2 is 1.81 bits per heavy atom. The van der Waals surface area contributed by atoms with Crippen LogP contribution in [0.15, 0.2) is 53.4 Å². The van der Waals surface area contributed by atoms with Crippen LogP contribution >= 0.6 is 11.6 Å². The van der Waals surface area contributed by atoms with Gasteiger partial charge in [-0.1, -0.05) is 42.5 Å². The van der Waals surface area contributed by atoms with Crippen molar-refractivity contribution in [2.75, 3.05) is 0 Å². The van der Waals surface area contributed by atoms with Crippen LogP contribution in [0.5, 0.6) is 0 Å². The standard InChI is InChI=1S/C16H15ClO3S/c1-11(17)21(20)15-5-3-2-4-14(15)13-8-6-12(7-9-13)10-16(18)19/h2-9,11H,10H2,1H3,(H,18,19). The van der Waals surface area contributed by atoms with Crippen LogP contribution in [0.4, 0.5) is 0 Å². The molecule has 1 N–H and O–H groups in total. The molecule has 0 heterocycles. The number of rotatable bonds is 5. The van der Waals surface area contributed by atoms with Gasteiger partial charge in [-0.15, -0.1) is 11.6 Å². The summed E-state index contributed by atoms with van der Waals surface area (Å²) in [5.74, 6) is -0.861. The molecule has 0 saturated carbocycles. The predicted octanol–water partition coefficient (Wildman–Crippen LogP) is 3.67. The molecular formula is C16H15ClO3S. The third-order valence-electron chi connectivity index (χ3n) is 3.02. The van der Waals surface area contributed by atoms with Gasteiger partial charge < -0.3 is 5.11 Å². The third kappa shape index (κ3) is 3.93. The molecule has 2 aromatic rings. The normalized spacial score (nSPS) is 13.6. The minimum Gasteiger partial charge on any atom is -0.481 e. The van der Waals surface area contributed by atoms with Gasteiger partial charge in [0, 0.05) is 4.90 Å². The molecule has 0 aliphatic heterocycles. The second-order valence-corrected chi connectivity index (χ2v) is 7.26. The molecule has 3 nitrogen and oxygen atoms in total. The summed E-state index contributed by atoms with van der Waals surface area (Å²) in [4.78, 5) is 11.4. The van der Waals surface area contributed by atoms with Gasteiger partial charge in [0.15, 0.2) is 0 Å². The van der Waals surface area contributed by atoms with Gasteiger partial charge in [-0.05, 0) is 29.7 Å². The molecule has 0 spiro atoms. The zero-order valence-corrected chi connectivity index (χ0v) is 13.0. The number of carbonyl (C=O) groups is 1. The van der Waals surface area contributed by atoms with Crippen molar-refractivity contribution in [2.45, 2.75) is 22.9 Å². The lowest BCUT2D eigenvalue weighted by Crippen LogP contribution is -2.04. The highest BCUT2D eigenvalue weighted by molar-refractivity contribution is 7.87. The molecule has 21 heavy (non-hydrogen) atoms. The highest BCUT2D eigenvalue weighted by Crippen LogP contribution is 2.28. The lowest BCUT2D eigenvalue weighted by atomic mass is 10.0. The fraction of sp³-hybridized carbons (Fsp3) is 0.188. The summed E-state index contributed by atoms with van der Waals surface area (Å²) in [5, 5.41) is 8.78. The number of hydrogen-bond acceptors (Lipinski definition) is 2. The lowest BCUT2D eigenvalue weighted by Gasteiger charge is -2.11. The van der Waals surface area contributed by atoms with Crippen molar-refractivity contribution in [3.63, 3.8) is 0 Å². The van der Waals surface area contributed by atoms with E-state index in [0.29, 0.717) is 4.90 Å². The van der Waals surface area contributed by atoms with Crippen LogP contribution in [0.2, 0.25) is 0 Å². The maximum Gasteiger partial charge on any atom is 0.307 e. The molecule has 0 saturated heterocycles. The number of alkyl halides is 1. The fourth-order valence-corrected chi connectivity index (χ4v) is 3.29. The average molecular weight is 323 g/mol. The first-order valence-electron chi connectivity index (χ1n) is 6.44. The summed E-state index contributed by atoms with van der Waals surface area (Å²) in [6, 6.07) is 14.6. The van der Waals surface area contributed by atoms with E-state index in [9.17, 15) is 9.00 Å². The molecule has 0 radical (unpaired) electrons. The first-order valence-corrected chi connectivity index (χ1v) is 8.09. The van der Waals surface area contributed by atoms with Gasteiger partial charge in [0.1, 0.15) is 4.71 Å². The molecule has 110 valence electrons. The summed E-state index contributed by atoms with van der Waals surface area (Å²) < 4.78 is 11.8. The quantitative estimate of drug-likeness (QED) is 0.854. The average Bonchev–Trinajstić information content (AvgIpc) is 2.46. The molecule has 0 aliphatic carbocycles. The van der Waals surface area contributed by atoms with Crippen LogP contribution in [-0.2, 0) is 22.0 Å². The molecule has 0 amide bonds. The van der Waals surface area contributed by atoms with E-state index in [1.54, 1.807) is 25.1 Å². The topological polar surface area (TPSA) is 54.4 Å². The number of carboxylic acid groups (broad SMARTS) is 1. The van der Waals surface area contributed by atoms with Crippen LogP contribution in [0.25, 0.3) is 11.1 Å². The Hall–Kier alpha value is -1.65. The largest absolute Gasteiger partial charge is 0.481 e. The van der Waals surface area contributed by atoms with E-state index in [0.717, 1.165) is 16.7 Å². The summed E-state index contributed by atoms with van der Waals surface area (Å²) >= 11 is 5.94. The first-order chi connectivity index (χ1) is 9.99. The van der Waals surface area contributed by atoms with Crippen LogP contribution in [0, 0.1) is 0 Å². The molecule has 0 aromatic heterocycles. The Labute approximate surface area is 131 Å². The van der Waals surface area contributed by atoms with Gasteiger partial charge in [0.25, 0.3) is 0 Å². The van der Waals surface area contributed by atoms with Crippen LogP contribution in [0.3, 0.4) is 0 Å². The number of aliphatic carboxylic acids is 1. The number of carboxylic acids is 1. The number of halogens is 1. The monoisotopic (exact) mass is 322 g/mol. The van der Waals surface area contributed by atoms with Gasteiger partial charge >= 0.3 is 5.97 Å². The summed E-state index contributed by atoms with van der Waals surface area (Å²) in [7, 11) is -1.29. The molecule has 2 aromatic carbocycles. The maximum absolute atomic E-state index is 12.3. The molecule has 0 aliphatic rings. The lowest BCUT2D eigenvalue weighted by molar-refractivity contribution is -0.136. The van der Waals surface area contributed by atoms with Gasteiger partial charge in [-0.2, -0.15) is 0 Å². The molecular weight excluding hydrogens is 308 g/mol. The van der Waals surface area contributed by atoms with Crippen LogP contribution in [0.1, 0.15) is 12.5 Å². The smallest absolute Gasteiger partial charge is 0.307 e. The SMILES string of the molecule is CC(Cl)S(=O)c1ccccc1-c1ccc(CC(=O)O)cc1. The Balaban J connectivity index is 2.38. The Kier molecular flexibility index (Phi) is 5.15. The van der Waals surface area contributed by atoms with Crippen molar-refractivity contribution in [3.8, 4) is 11.1 Å². The van der Waals surface area contributed by atoms with E-state index in [2.05, 4.69) is 0 Å². The van der Waals surface area contributed by atoms with Gasteiger partial charge in [0.05, 0.1) is 17.2 Å². The van der Waals surface area contributed by atoms with E-state index in [1.807, 2.05) is 30.3 Å². The van der Waals surface area contributed by atoms with Crippen molar-refractivity contribution in [2.24, 2.45) is 0 Å². The highest BCUT2D eigenvalue weighted by Gasteiger charge is 2.15. The molecule has 0 fully saturated rings. The Morgan fingerprint density at radius 3 is 2.38 bits per heavy atom. The van der Waals surface area contributed by atoms with E-state index in [-0.39, 0.29) is 6.42 Å². The number of benzene rings is 2. The second kappa shape index (κ2) is 6.87. The minimum atomic E-state index is -1.29. The van der Waals surface area contributed by atoms with Crippen molar-refractivity contribution < 1.29 is 14.1 Å². The highest BCUT2D eigenvalue weighted by atomic mass is 35.5. The van der Waals surface area contributed by atoms with Crippen LogP contribution in [-0.4, -0.2) is 20.0 Å². The molecule has 2 unspecified atom stereocenters. The summed E-state index contributed by atoms with van der Waals surface area (Å²) in [5.41, 5.74) is 2.48. The summed E-state index contributed by atoms with van der Waals surface area (Å²) in [6.07, 6.45) is -0.00737. The fourth-order valence-electron chi connectivity index (χ4n) is 2.03. The van der Waals surface area contributed by atoms with Crippen molar-refractivity contribution in [3.05, 3.63) is 54.1 Å². The molecule has 2 atom stereocenters. The summed E-state index contributed by atoms with van der Waals surface area (Å²) in [6.45, 7) is 1.70. The van der Waals surface area contributed by atoms with Gasteiger partial charge in [-0.25, -0.2) is 0 Å². The zero-order valence-electron chi connectivity index (χ0n) is 11.5. The van der Waals surface area contributed by atoms with E-state index in [1.165, 1.54) is 0 Å². The Bertz CT molecular complexity index is 665. The predicted molar refractivity (Wildman–Crippen MR) is 84.9 cm³/mol. The van der Waals surface area contributed by atoms with Crippen molar-refractivity contribution in [1.29, 1.82) is 0 Å². The number of hydrogen-bond donors (Lipinski definition) is 1. The third-order valence-corrected chi connectivity index (χ3v) is 4.88. The Morgan fingerprint density at radius 1 is 1.19 bits per heavy atom. The first kappa shape index (κ1) is 15.7. The molecule has 5 heteroatoms. The zero-order chi connectivity index (χ0) is 15.4. The molecule has 0 bridgehead atoms.